The zero-order valence-corrected chi connectivity index (χ0v) is 14.9. The van der Waals surface area contributed by atoms with Gasteiger partial charge in [-0.25, -0.2) is 0 Å². The van der Waals surface area contributed by atoms with Gasteiger partial charge in [0.05, 0.1) is 17.1 Å². The highest BCUT2D eigenvalue weighted by atomic mass is 16.2. The number of azo groups is 1. The van der Waals surface area contributed by atoms with E-state index in [0.717, 1.165) is 16.8 Å². The van der Waals surface area contributed by atoms with E-state index in [9.17, 15) is 4.79 Å². The van der Waals surface area contributed by atoms with Gasteiger partial charge in [0.25, 0.3) is 5.91 Å². The van der Waals surface area contributed by atoms with E-state index in [0.29, 0.717) is 11.4 Å². The van der Waals surface area contributed by atoms with Crippen molar-refractivity contribution in [2.24, 2.45) is 15.3 Å². The van der Waals surface area contributed by atoms with Gasteiger partial charge in [-0.3, -0.25) is 4.79 Å². The normalized spacial score (nSPS) is 16.8. The van der Waals surface area contributed by atoms with Gasteiger partial charge in [0, 0.05) is 0 Å². The predicted octanol–water partition coefficient (Wildman–Crippen LogP) is 5.23. The van der Waals surface area contributed by atoms with Crippen molar-refractivity contribution in [3.63, 3.8) is 0 Å². The highest BCUT2D eigenvalue weighted by Gasteiger charge is 2.34. The first-order valence-corrected chi connectivity index (χ1v) is 8.73. The first kappa shape index (κ1) is 16.8. The van der Waals surface area contributed by atoms with Crippen LogP contribution in [0.1, 0.15) is 6.92 Å². The summed E-state index contributed by atoms with van der Waals surface area (Å²) >= 11 is 0. The van der Waals surface area contributed by atoms with E-state index in [1.54, 1.807) is 6.92 Å². The maximum atomic E-state index is 12.6. The van der Waals surface area contributed by atoms with E-state index in [1.807, 2.05) is 72.8 Å². The molecule has 3 aromatic carbocycles. The second-order valence-corrected chi connectivity index (χ2v) is 6.26. The Hall–Kier alpha value is -3.60. The summed E-state index contributed by atoms with van der Waals surface area (Å²) in [5, 5.41) is 14.2. The van der Waals surface area contributed by atoms with E-state index in [2.05, 4.69) is 27.5 Å². The third-order valence-corrected chi connectivity index (χ3v) is 4.36. The van der Waals surface area contributed by atoms with Crippen LogP contribution < -0.4 is 5.01 Å². The van der Waals surface area contributed by atoms with E-state index in [4.69, 9.17) is 0 Å². The predicted molar refractivity (Wildman–Crippen MR) is 107 cm³/mol. The summed E-state index contributed by atoms with van der Waals surface area (Å²) in [5.41, 5.74) is 4.32. The molecule has 27 heavy (non-hydrogen) atoms. The first-order valence-electron chi connectivity index (χ1n) is 8.73. The number of para-hydroxylation sites is 1. The van der Waals surface area contributed by atoms with Crippen LogP contribution in [0.2, 0.25) is 0 Å². The van der Waals surface area contributed by atoms with Crippen molar-refractivity contribution in [1.29, 1.82) is 0 Å². The number of hydrogen-bond donors (Lipinski definition) is 0. The second kappa shape index (κ2) is 7.33. The molecular formula is C22H18N4O. The first-order chi connectivity index (χ1) is 13.2. The van der Waals surface area contributed by atoms with Crippen molar-refractivity contribution >= 4 is 23.0 Å². The van der Waals surface area contributed by atoms with Gasteiger partial charge in [0.15, 0.2) is 6.04 Å². The van der Waals surface area contributed by atoms with Crippen LogP contribution in [-0.4, -0.2) is 17.7 Å². The number of carbonyl (C=O) groups is 1. The summed E-state index contributed by atoms with van der Waals surface area (Å²) < 4.78 is 0. The van der Waals surface area contributed by atoms with E-state index in [1.165, 1.54) is 5.01 Å². The number of amides is 1. The van der Waals surface area contributed by atoms with Crippen LogP contribution in [-0.2, 0) is 4.79 Å². The average Bonchev–Trinajstić information content (AvgIpc) is 3.02. The molecule has 0 saturated carbocycles. The molecule has 1 atom stereocenters. The van der Waals surface area contributed by atoms with Crippen LogP contribution in [0.5, 0.6) is 0 Å². The zero-order chi connectivity index (χ0) is 18.6. The van der Waals surface area contributed by atoms with Gasteiger partial charge >= 0.3 is 0 Å². The minimum atomic E-state index is -0.681. The highest BCUT2D eigenvalue weighted by Crippen LogP contribution is 2.25. The maximum absolute atomic E-state index is 12.6. The van der Waals surface area contributed by atoms with Crippen molar-refractivity contribution < 1.29 is 4.79 Å². The molecule has 0 unspecified atom stereocenters. The molecule has 0 bridgehead atoms. The molecule has 0 radical (unpaired) electrons. The van der Waals surface area contributed by atoms with Crippen molar-refractivity contribution in [2.45, 2.75) is 13.0 Å². The summed E-state index contributed by atoms with van der Waals surface area (Å²) in [5.74, 6) is -0.191. The Balaban J connectivity index is 1.50. The molecule has 1 amide bonds. The Labute approximate surface area is 157 Å². The molecule has 5 nitrogen and oxygen atoms in total. The number of hydrogen-bond acceptors (Lipinski definition) is 4. The molecule has 0 aliphatic carbocycles. The lowest BCUT2D eigenvalue weighted by atomic mass is 10.1. The van der Waals surface area contributed by atoms with Gasteiger partial charge in [-0.2, -0.15) is 20.3 Å². The molecule has 0 N–H and O–H groups in total. The number of rotatable bonds is 4. The minimum absolute atomic E-state index is 0.191. The van der Waals surface area contributed by atoms with Gasteiger partial charge in [-0.15, -0.1) is 0 Å². The number of nitrogens with zero attached hydrogens (tertiary/aromatic N) is 4. The molecule has 1 aliphatic heterocycles. The quantitative estimate of drug-likeness (QED) is 0.592. The molecule has 132 valence electrons. The van der Waals surface area contributed by atoms with Crippen LogP contribution in [0.15, 0.2) is 100 Å². The Morgan fingerprint density at radius 3 is 2.07 bits per heavy atom. The van der Waals surface area contributed by atoms with Crippen LogP contribution >= 0.6 is 0 Å². The van der Waals surface area contributed by atoms with E-state index in [-0.39, 0.29) is 5.91 Å². The standard InChI is InChI=1S/C22H18N4O/c1-16-21(22(27)26(25-16)20-10-6-3-7-11-20)24-23-19-14-12-18(13-15-19)17-8-4-2-5-9-17/h2-15,21H,1H3/t21-/m0/s1. The molecule has 1 heterocycles. The zero-order valence-electron chi connectivity index (χ0n) is 14.9. The lowest BCUT2D eigenvalue weighted by molar-refractivity contribution is -0.117. The molecular weight excluding hydrogens is 336 g/mol. The minimum Gasteiger partial charge on any atom is -0.269 e. The lowest BCUT2D eigenvalue weighted by Gasteiger charge is -2.11. The Morgan fingerprint density at radius 2 is 1.41 bits per heavy atom. The van der Waals surface area contributed by atoms with Crippen molar-refractivity contribution in [3.05, 3.63) is 84.9 Å². The third kappa shape index (κ3) is 3.53. The third-order valence-electron chi connectivity index (χ3n) is 4.36. The topological polar surface area (TPSA) is 57.4 Å². The van der Waals surface area contributed by atoms with Gasteiger partial charge < -0.3 is 0 Å². The Morgan fingerprint density at radius 1 is 0.815 bits per heavy atom. The van der Waals surface area contributed by atoms with Gasteiger partial charge in [0.2, 0.25) is 0 Å². The van der Waals surface area contributed by atoms with Crippen molar-refractivity contribution in [1.82, 2.24) is 0 Å². The molecule has 0 spiro atoms. The van der Waals surface area contributed by atoms with E-state index >= 15 is 0 Å². The molecule has 1 aliphatic rings. The number of hydrazone groups is 1. The summed E-state index contributed by atoms with van der Waals surface area (Å²) in [6.45, 7) is 1.79. The molecule has 0 saturated heterocycles. The van der Waals surface area contributed by atoms with Crippen molar-refractivity contribution in [2.75, 3.05) is 5.01 Å². The molecule has 4 rings (SSSR count). The number of benzene rings is 3. The lowest BCUT2D eigenvalue weighted by Crippen LogP contribution is -2.29. The van der Waals surface area contributed by atoms with Crippen LogP contribution in [0, 0.1) is 0 Å². The summed E-state index contributed by atoms with van der Waals surface area (Å²) in [6, 6.07) is 26.6. The van der Waals surface area contributed by atoms with Gasteiger partial charge in [0.1, 0.15) is 0 Å². The fourth-order valence-electron chi connectivity index (χ4n) is 2.92. The van der Waals surface area contributed by atoms with E-state index < -0.39 is 6.04 Å². The summed E-state index contributed by atoms with van der Waals surface area (Å²) in [4.78, 5) is 12.6. The van der Waals surface area contributed by atoms with Crippen LogP contribution in [0.4, 0.5) is 11.4 Å². The second-order valence-electron chi connectivity index (χ2n) is 6.26. The SMILES string of the molecule is CC1=NN(c2ccccc2)C(=O)[C@H]1N=Nc1ccc(-c2ccccc2)cc1. The van der Waals surface area contributed by atoms with Gasteiger partial charge in [-0.1, -0.05) is 60.7 Å². The van der Waals surface area contributed by atoms with Gasteiger partial charge in [-0.05, 0) is 42.3 Å². The molecule has 0 aromatic heterocycles. The fourth-order valence-corrected chi connectivity index (χ4v) is 2.92. The van der Waals surface area contributed by atoms with Crippen molar-refractivity contribution in [3.8, 4) is 11.1 Å². The highest BCUT2D eigenvalue weighted by molar-refractivity contribution is 6.18. The summed E-state index contributed by atoms with van der Waals surface area (Å²) in [7, 11) is 0. The molecule has 0 fully saturated rings. The Bertz CT molecular complexity index is 996. The number of anilines is 1. The fraction of sp³-hybridized carbons (Fsp3) is 0.0909. The largest absolute Gasteiger partial charge is 0.280 e. The maximum Gasteiger partial charge on any atom is 0.280 e. The smallest absolute Gasteiger partial charge is 0.269 e. The monoisotopic (exact) mass is 354 g/mol. The molecule has 3 aromatic rings. The number of carbonyl (C=O) groups excluding carboxylic acids is 1. The Kier molecular flexibility index (Phi) is 4.58. The van der Waals surface area contributed by atoms with Crippen LogP contribution in [0.25, 0.3) is 11.1 Å². The average molecular weight is 354 g/mol. The van der Waals surface area contributed by atoms with Crippen LogP contribution in [0.3, 0.4) is 0 Å². The summed E-state index contributed by atoms with van der Waals surface area (Å²) in [6.07, 6.45) is 0. The molecule has 5 heteroatoms.